The van der Waals surface area contributed by atoms with Crippen molar-refractivity contribution >= 4 is 11.7 Å². The van der Waals surface area contributed by atoms with E-state index in [9.17, 15) is 5.26 Å². The molecular formula is C23H23N3O. The minimum Gasteiger partial charge on any atom is -0.423 e. The van der Waals surface area contributed by atoms with Gasteiger partial charge in [0.15, 0.2) is 5.75 Å². The van der Waals surface area contributed by atoms with Crippen molar-refractivity contribution in [2.24, 2.45) is 10.9 Å². The van der Waals surface area contributed by atoms with E-state index in [1.807, 2.05) is 31.2 Å². The van der Waals surface area contributed by atoms with Gasteiger partial charge in [-0.25, -0.2) is 4.99 Å². The zero-order valence-corrected chi connectivity index (χ0v) is 16.4. The predicted octanol–water partition coefficient (Wildman–Crippen LogP) is 5.22. The van der Waals surface area contributed by atoms with Gasteiger partial charge in [0.1, 0.15) is 5.54 Å². The Labute approximate surface area is 160 Å². The van der Waals surface area contributed by atoms with Gasteiger partial charge in [0, 0.05) is 0 Å². The highest BCUT2D eigenvalue weighted by molar-refractivity contribution is 6.04. The molecule has 0 saturated carbocycles. The van der Waals surface area contributed by atoms with Crippen LogP contribution in [0.5, 0.6) is 5.75 Å². The van der Waals surface area contributed by atoms with Crippen LogP contribution in [-0.4, -0.2) is 6.02 Å². The van der Waals surface area contributed by atoms with Gasteiger partial charge in [-0.05, 0) is 44.4 Å². The summed E-state index contributed by atoms with van der Waals surface area (Å²) in [4.78, 5) is 6.75. The number of rotatable bonds is 2. The summed E-state index contributed by atoms with van der Waals surface area (Å²) in [6.07, 6.45) is 0. The fourth-order valence-corrected chi connectivity index (χ4v) is 4.49. The van der Waals surface area contributed by atoms with Crippen LogP contribution >= 0.6 is 0 Å². The minimum atomic E-state index is -0.667. The third-order valence-corrected chi connectivity index (χ3v) is 5.47. The Hall–Kier alpha value is -3.06. The zero-order chi connectivity index (χ0) is 19.3. The Morgan fingerprint density at radius 3 is 2.37 bits per heavy atom. The number of allylic oxidation sites excluding steroid dienone is 1. The van der Waals surface area contributed by atoms with Gasteiger partial charge >= 0.3 is 6.02 Å². The summed E-state index contributed by atoms with van der Waals surface area (Å²) in [5.41, 5.74) is 5.12. The van der Waals surface area contributed by atoms with Crippen LogP contribution in [0.4, 0.5) is 5.69 Å². The molecule has 0 saturated heterocycles. The van der Waals surface area contributed by atoms with E-state index in [1.165, 1.54) is 11.1 Å². The number of anilines is 1. The molecular weight excluding hydrogens is 334 g/mol. The normalized spacial score (nSPS) is 20.8. The Bertz CT molecular complexity index is 1020. The smallest absolute Gasteiger partial charge is 0.303 e. The van der Waals surface area contributed by atoms with Crippen molar-refractivity contribution in [2.45, 2.75) is 40.2 Å². The van der Waals surface area contributed by atoms with Crippen molar-refractivity contribution in [2.75, 3.05) is 4.90 Å². The minimum absolute atomic E-state index is 0.114. The fourth-order valence-electron chi connectivity index (χ4n) is 4.49. The van der Waals surface area contributed by atoms with Crippen LogP contribution < -0.4 is 9.64 Å². The number of fused-ring (bicyclic) bond motifs is 3. The molecule has 136 valence electrons. The standard InChI is InChI=1S/C23H23N3O/c1-14(2)23(18-11-15(3)10-16(4)12-18)19(13-24)17(5)25-22-26(23)20-8-6-7-9-21(20)27-22/h6-12,14H,1-5H3. The van der Waals surface area contributed by atoms with Crippen molar-refractivity contribution in [3.05, 3.63) is 70.4 Å². The van der Waals surface area contributed by atoms with Crippen LogP contribution in [0.2, 0.25) is 0 Å². The fraction of sp³-hybridized carbons (Fsp3) is 0.304. The summed E-state index contributed by atoms with van der Waals surface area (Å²) in [7, 11) is 0. The monoisotopic (exact) mass is 357 g/mol. The summed E-state index contributed by atoms with van der Waals surface area (Å²) in [6, 6.07) is 17.5. The first kappa shape index (κ1) is 17.4. The maximum absolute atomic E-state index is 10.2. The molecule has 0 amide bonds. The molecule has 2 aromatic rings. The number of aliphatic imine (C=N–C) groups is 1. The SMILES string of the molecule is CC1=C(C#N)C(c2cc(C)cc(C)c2)(C(C)C)N2C(=N1)Oc1ccccc12. The lowest BCUT2D eigenvalue weighted by molar-refractivity contribution is 0.367. The summed E-state index contributed by atoms with van der Waals surface area (Å²) < 4.78 is 6.09. The van der Waals surface area contributed by atoms with Crippen molar-refractivity contribution in [1.82, 2.24) is 0 Å². The summed E-state index contributed by atoms with van der Waals surface area (Å²) in [6.45, 7) is 10.4. The largest absolute Gasteiger partial charge is 0.423 e. The van der Waals surface area contributed by atoms with E-state index in [1.54, 1.807) is 0 Å². The van der Waals surface area contributed by atoms with Gasteiger partial charge in [-0.15, -0.1) is 0 Å². The Balaban J connectivity index is 2.11. The van der Waals surface area contributed by atoms with Crippen LogP contribution in [0.1, 0.15) is 37.5 Å². The number of hydrogen-bond acceptors (Lipinski definition) is 4. The summed E-state index contributed by atoms with van der Waals surface area (Å²) in [5, 5.41) is 10.2. The topological polar surface area (TPSA) is 48.6 Å². The van der Waals surface area contributed by atoms with Gasteiger partial charge in [-0.1, -0.05) is 55.3 Å². The molecule has 27 heavy (non-hydrogen) atoms. The molecule has 4 rings (SSSR count). The summed E-state index contributed by atoms with van der Waals surface area (Å²) in [5.74, 6) is 0.890. The first-order valence-electron chi connectivity index (χ1n) is 9.25. The Morgan fingerprint density at radius 2 is 1.74 bits per heavy atom. The Kier molecular flexibility index (Phi) is 3.85. The molecule has 0 N–H and O–H groups in total. The number of hydrogen-bond donors (Lipinski definition) is 0. The average Bonchev–Trinajstić information content (AvgIpc) is 2.97. The van der Waals surface area contributed by atoms with E-state index in [-0.39, 0.29) is 5.92 Å². The van der Waals surface area contributed by atoms with Crippen molar-refractivity contribution in [3.8, 4) is 11.8 Å². The van der Waals surface area contributed by atoms with Crippen molar-refractivity contribution < 1.29 is 4.74 Å². The van der Waals surface area contributed by atoms with Crippen LogP contribution in [0.3, 0.4) is 0 Å². The van der Waals surface area contributed by atoms with E-state index in [2.05, 4.69) is 61.9 Å². The molecule has 0 bridgehead atoms. The third kappa shape index (κ3) is 2.31. The van der Waals surface area contributed by atoms with Crippen LogP contribution in [0.15, 0.2) is 58.7 Å². The second kappa shape index (κ2) is 5.99. The lowest BCUT2D eigenvalue weighted by Crippen LogP contribution is -2.55. The van der Waals surface area contributed by atoms with Crippen LogP contribution in [0, 0.1) is 31.1 Å². The number of amidine groups is 1. The quantitative estimate of drug-likeness (QED) is 0.740. The number of aryl methyl sites for hydroxylation is 2. The maximum atomic E-state index is 10.2. The lowest BCUT2D eigenvalue weighted by atomic mass is 9.71. The number of ether oxygens (including phenoxy) is 1. The third-order valence-electron chi connectivity index (χ3n) is 5.47. The first-order chi connectivity index (χ1) is 12.9. The van der Waals surface area contributed by atoms with E-state index in [0.717, 1.165) is 17.0 Å². The van der Waals surface area contributed by atoms with Gasteiger partial charge in [-0.3, -0.25) is 4.90 Å². The molecule has 4 nitrogen and oxygen atoms in total. The molecule has 2 aliphatic rings. The molecule has 1 unspecified atom stereocenters. The average molecular weight is 357 g/mol. The first-order valence-corrected chi connectivity index (χ1v) is 9.25. The van der Waals surface area contributed by atoms with E-state index in [0.29, 0.717) is 17.3 Å². The highest BCUT2D eigenvalue weighted by Gasteiger charge is 2.54. The molecule has 2 heterocycles. The molecule has 0 radical (unpaired) electrons. The van der Waals surface area contributed by atoms with E-state index in [4.69, 9.17) is 4.74 Å². The van der Waals surface area contributed by atoms with Gasteiger partial charge < -0.3 is 4.74 Å². The van der Waals surface area contributed by atoms with E-state index < -0.39 is 5.54 Å². The highest BCUT2D eigenvalue weighted by atomic mass is 16.5. The molecule has 2 aromatic carbocycles. The molecule has 2 aliphatic heterocycles. The molecule has 0 aromatic heterocycles. The molecule has 1 atom stereocenters. The molecule has 0 fully saturated rings. The van der Waals surface area contributed by atoms with Crippen LogP contribution in [-0.2, 0) is 5.54 Å². The second-order valence-electron chi connectivity index (χ2n) is 7.67. The van der Waals surface area contributed by atoms with Gasteiger partial charge in [-0.2, -0.15) is 5.26 Å². The predicted molar refractivity (Wildman–Crippen MR) is 108 cm³/mol. The molecule has 0 aliphatic carbocycles. The van der Waals surface area contributed by atoms with Gasteiger partial charge in [0.2, 0.25) is 0 Å². The second-order valence-corrected chi connectivity index (χ2v) is 7.67. The van der Waals surface area contributed by atoms with Crippen molar-refractivity contribution in [3.63, 3.8) is 0 Å². The van der Waals surface area contributed by atoms with E-state index >= 15 is 0 Å². The molecule has 0 spiro atoms. The van der Waals surface area contributed by atoms with Gasteiger partial charge in [0.05, 0.1) is 23.0 Å². The van der Waals surface area contributed by atoms with Crippen molar-refractivity contribution in [1.29, 1.82) is 5.26 Å². The lowest BCUT2D eigenvalue weighted by Gasteiger charge is -2.47. The number of para-hydroxylation sites is 2. The number of benzene rings is 2. The molecule has 4 heteroatoms. The van der Waals surface area contributed by atoms with Gasteiger partial charge in [0.25, 0.3) is 0 Å². The van der Waals surface area contributed by atoms with Crippen LogP contribution in [0.25, 0.3) is 0 Å². The number of nitrogens with zero attached hydrogens (tertiary/aromatic N) is 3. The Morgan fingerprint density at radius 1 is 1.07 bits per heavy atom. The summed E-state index contributed by atoms with van der Waals surface area (Å²) >= 11 is 0. The highest BCUT2D eigenvalue weighted by Crippen LogP contribution is 2.53. The maximum Gasteiger partial charge on any atom is 0.303 e. The zero-order valence-electron chi connectivity index (χ0n) is 16.4. The number of nitriles is 1.